The highest BCUT2D eigenvalue weighted by atomic mass is 16.5. The quantitative estimate of drug-likeness (QED) is 0.461. The number of nitrogens with zero attached hydrogens (tertiary/aromatic N) is 2. The van der Waals surface area contributed by atoms with Gasteiger partial charge in [-0.05, 0) is 40.2 Å². The standard InChI is InChI=1S/C20H32N2O5/c1-8-16(23)22(11-12-26-7)15(6)19(24)17-13(4)18(20(25)27-10-3)21(9-2)14(17)5/h15H,8-12H2,1-7H3. The highest BCUT2D eigenvalue weighted by Gasteiger charge is 2.32. The van der Waals surface area contributed by atoms with Gasteiger partial charge in [0.05, 0.1) is 19.3 Å². The third kappa shape index (κ3) is 4.77. The van der Waals surface area contributed by atoms with Crippen molar-refractivity contribution in [1.82, 2.24) is 9.47 Å². The molecule has 0 N–H and O–H groups in total. The number of carbonyl (C=O) groups excluding carboxylic acids is 3. The minimum atomic E-state index is -0.646. The van der Waals surface area contributed by atoms with Crippen LogP contribution in [0.4, 0.5) is 0 Å². The molecule has 0 saturated heterocycles. The Morgan fingerprint density at radius 3 is 2.26 bits per heavy atom. The lowest BCUT2D eigenvalue weighted by Gasteiger charge is -2.28. The van der Waals surface area contributed by atoms with Crippen LogP contribution in [0.5, 0.6) is 0 Å². The van der Waals surface area contributed by atoms with E-state index >= 15 is 0 Å². The molecular weight excluding hydrogens is 348 g/mol. The number of ketones is 1. The predicted molar refractivity (Wildman–Crippen MR) is 103 cm³/mol. The van der Waals surface area contributed by atoms with Gasteiger partial charge in [-0.15, -0.1) is 0 Å². The first-order chi connectivity index (χ1) is 12.8. The first kappa shape index (κ1) is 22.9. The SMILES string of the molecule is CCOC(=O)c1c(C)c(C(=O)C(C)N(CCOC)C(=O)CC)c(C)n1CC. The normalized spacial score (nSPS) is 12.0. The number of ether oxygens (including phenoxy) is 2. The number of hydrogen-bond acceptors (Lipinski definition) is 5. The first-order valence-electron chi connectivity index (χ1n) is 9.45. The van der Waals surface area contributed by atoms with Gasteiger partial charge in [0.15, 0.2) is 5.78 Å². The van der Waals surface area contributed by atoms with Crippen LogP contribution in [0.25, 0.3) is 0 Å². The van der Waals surface area contributed by atoms with Crippen LogP contribution in [0, 0.1) is 13.8 Å². The topological polar surface area (TPSA) is 77.8 Å². The molecule has 1 aromatic rings. The highest BCUT2D eigenvalue weighted by Crippen LogP contribution is 2.26. The van der Waals surface area contributed by atoms with E-state index in [0.29, 0.717) is 48.6 Å². The first-order valence-corrected chi connectivity index (χ1v) is 9.45. The molecule has 0 fully saturated rings. The Morgan fingerprint density at radius 1 is 1.15 bits per heavy atom. The third-order valence-electron chi connectivity index (χ3n) is 4.80. The van der Waals surface area contributed by atoms with Gasteiger partial charge in [-0.2, -0.15) is 0 Å². The summed E-state index contributed by atoms with van der Waals surface area (Å²) in [7, 11) is 1.56. The summed E-state index contributed by atoms with van der Waals surface area (Å²) in [6.07, 6.45) is 0.309. The monoisotopic (exact) mass is 380 g/mol. The third-order valence-corrected chi connectivity index (χ3v) is 4.80. The summed E-state index contributed by atoms with van der Waals surface area (Å²) in [4.78, 5) is 39.5. The van der Waals surface area contributed by atoms with Gasteiger partial charge in [0.25, 0.3) is 0 Å². The van der Waals surface area contributed by atoms with Crippen molar-refractivity contribution in [2.45, 2.75) is 60.5 Å². The molecule has 0 saturated carbocycles. The summed E-state index contributed by atoms with van der Waals surface area (Å²) in [6, 6.07) is -0.646. The van der Waals surface area contributed by atoms with Gasteiger partial charge in [0.1, 0.15) is 5.69 Å². The van der Waals surface area contributed by atoms with E-state index in [-0.39, 0.29) is 18.3 Å². The minimum absolute atomic E-state index is 0.108. The zero-order chi connectivity index (χ0) is 20.7. The molecule has 1 amide bonds. The summed E-state index contributed by atoms with van der Waals surface area (Å²) in [6.45, 7) is 12.2. The van der Waals surface area contributed by atoms with Gasteiger partial charge in [0, 0.05) is 37.9 Å². The number of carbonyl (C=O) groups is 3. The summed E-state index contributed by atoms with van der Waals surface area (Å²) in [5, 5.41) is 0. The molecule has 7 nitrogen and oxygen atoms in total. The van der Waals surface area contributed by atoms with E-state index < -0.39 is 12.0 Å². The van der Waals surface area contributed by atoms with Crippen molar-refractivity contribution in [3.05, 3.63) is 22.5 Å². The number of rotatable bonds is 10. The van der Waals surface area contributed by atoms with E-state index in [0.717, 1.165) is 0 Å². The average molecular weight is 380 g/mol. The van der Waals surface area contributed by atoms with Gasteiger partial charge in [0.2, 0.25) is 5.91 Å². The number of hydrogen-bond donors (Lipinski definition) is 0. The van der Waals surface area contributed by atoms with Crippen molar-refractivity contribution in [3.8, 4) is 0 Å². The molecule has 1 atom stereocenters. The summed E-state index contributed by atoms with van der Waals surface area (Å²) >= 11 is 0. The van der Waals surface area contributed by atoms with E-state index in [1.165, 1.54) is 4.90 Å². The minimum Gasteiger partial charge on any atom is -0.461 e. The van der Waals surface area contributed by atoms with Gasteiger partial charge >= 0.3 is 5.97 Å². The predicted octanol–water partition coefficient (Wildman–Crippen LogP) is 2.76. The Bertz CT molecular complexity index is 693. The van der Waals surface area contributed by atoms with Crippen molar-refractivity contribution in [1.29, 1.82) is 0 Å². The lowest BCUT2D eigenvalue weighted by Crippen LogP contribution is -2.45. The van der Waals surface area contributed by atoms with Crippen molar-refractivity contribution >= 4 is 17.7 Å². The summed E-state index contributed by atoms with van der Waals surface area (Å²) in [5.74, 6) is -0.725. The zero-order valence-corrected chi connectivity index (χ0v) is 17.5. The molecular formula is C20H32N2O5. The van der Waals surface area contributed by atoms with Crippen LogP contribution in [0.3, 0.4) is 0 Å². The summed E-state index contributed by atoms with van der Waals surface area (Å²) < 4.78 is 12.0. The molecule has 1 unspecified atom stereocenters. The molecule has 152 valence electrons. The maximum Gasteiger partial charge on any atom is 0.355 e. The number of amides is 1. The molecule has 7 heteroatoms. The van der Waals surface area contributed by atoms with Crippen molar-refractivity contribution in [2.24, 2.45) is 0 Å². The molecule has 1 aromatic heterocycles. The number of methoxy groups -OCH3 is 1. The second-order valence-electron chi connectivity index (χ2n) is 6.37. The largest absolute Gasteiger partial charge is 0.461 e. The molecule has 0 spiro atoms. The molecule has 1 heterocycles. The number of esters is 1. The number of Topliss-reactive ketones (excluding diaryl/α,β-unsaturated/α-hetero) is 1. The fourth-order valence-corrected chi connectivity index (χ4v) is 3.39. The molecule has 0 aliphatic carbocycles. The smallest absolute Gasteiger partial charge is 0.355 e. The van der Waals surface area contributed by atoms with E-state index in [4.69, 9.17) is 9.47 Å². The Labute approximate surface area is 161 Å². The lowest BCUT2D eigenvalue weighted by atomic mass is 9.99. The highest BCUT2D eigenvalue weighted by molar-refractivity contribution is 6.06. The molecule has 0 aliphatic rings. The van der Waals surface area contributed by atoms with Crippen molar-refractivity contribution in [3.63, 3.8) is 0 Å². The van der Waals surface area contributed by atoms with E-state index in [2.05, 4.69) is 0 Å². The molecule has 0 aliphatic heterocycles. The van der Waals surface area contributed by atoms with Crippen LogP contribution in [0.15, 0.2) is 0 Å². The maximum atomic E-state index is 13.3. The van der Waals surface area contributed by atoms with Gasteiger partial charge in [-0.1, -0.05) is 6.92 Å². The van der Waals surface area contributed by atoms with Crippen LogP contribution in [0.1, 0.15) is 66.2 Å². The van der Waals surface area contributed by atoms with Crippen LogP contribution in [-0.2, 0) is 20.8 Å². The van der Waals surface area contributed by atoms with E-state index in [1.54, 1.807) is 39.4 Å². The fourth-order valence-electron chi connectivity index (χ4n) is 3.39. The van der Waals surface area contributed by atoms with E-state index in [9.17, 15) is 14.4 Å². The average Bonchev–Trinajstić information content (AvgIpc) is 2.90. The Morgan fingerprint density at radius 2 is 1.78 bits per heavy atom. The number of aromatic nitrogens is 1. The Balaban J connectivity index is 3.36. The van der Waals surface area contributed by atoms with Crippen LogP contribution < -0.4 is 0 Å². The van der Waals surface area contributed by atoms with Crippen LogP contribution in [-0.4, -0.2) is 60.0 Å². The van der Waals surface area contributed by atoms with Crippen molar-refractivity contribution < 1.29 is 23.9 Å². The lowest BCUT2D eigenvalue weighted by molar-refractivity contribution is -0.132. The molecule has 27 heavy (non-hydrogen) atoms. The second kappa shape index (κ2) is 10.3. The fraction of sp³-hybridized carbons (Fsp3) is 0.650. The maximum absolute atomic E-state index is 13.3. The Kier molecular flexibility index (Phi) is 8.69. The summed E-state index contributed by atoms with van der Waals surface area (Å²) in [5.41, 5.74) is 2.20. The molecule has 0 bridgehead atoms. The Hall–Kier alpha value is -2.15. The van der Waals surface area contributed by atoms with Gasteiger partial charge in [-0.3, -0.25) is 9.59 Å². The van der Waals surface area contributed by atoms with Gasteiger partial charge in [-0.25, -0.2) is 4.79 Å². The van der Waals surface area contributed by atoms with Crippen LogP contribution >= 0.6 is 0 Å². The van der Waals surface area contributed by atoms with Crippen molar-refractivity contribution in [2.75, 3.05) is 26.9 Å². The second-order valence-corrected chi connectivity index (χ2v) is 6.37. The zero-order valence-electron chi connectivity index (χ0n) is 17.5. The van der Waals surface area contributed by atoms with Crippen LogP contribution in [0.2, 0.25) is 0 Å². The molecule has 0 radical (unpaired) electrons. The molecule has 1 rings (SSSR count). The van der Waals surface area contributed by atoms with Gasteiger partial charge < -0.3 is 18.9 Å². The van der Waals surface area contributed by atoms with E-state index in [1.807, 2.05) is 13.8 Å². The molecule has 0 aromatic carbocycles.